The molecule has 0 aliphatic rings. The Hall–Kier alpha value is -2.70. The monoisotopic (exact) mass is 288 g/mol. The molecule has 1 amide bonds. The predicted molar refractivity (Wildman–Crippen MR) is 80.1 cm³/mol. The molecule has 1 aromatic heterocycles. The summed E-state index contributed by atoms with van der Waals surface area (Å²) in [7, 11) is 0. The van der Waals surface area contributed by atoms with Crippen molar-refractivity contribution >= 4 is 28.1 Å². The number of carbonyl (C=O) groups excluding carboxylic acids is 1. The summed E-state index contributed by atoms with van der Waals surface area (Å²) in [6.07, 6.45) is 2.42. The van der Waals surface area contributed by atoms with Crippen molar-refractivity contribution in [1.29, 1.82) is 0 Å². The van der Waals surface area contributed by atoms with Crippen LogP contribution in [0.1, 0.15) is 18.5 Å². The van der Waals surface area contributed by atoms with Crippen LogP contribution in [0.4, 0.5) is 11.4 Å². The minimum absolute atomic E-state index is 0.0279. The number of primary amides is 1. The van der Waals surface area contributed by atoms with Crippen LogP contribution in [-0.4, -0.2) is 22.4 Å². The van der Waals surface area contributed by atoms with Crippen LogP contribution in [0.5, 0.6) is 0 Å². The van der Waals surface area contributed by atoms with Gasteiger partial charge < -0.3 is 11.1 Å². The molecule has 1 heterocycles. The van der Waals surface area contributed by atoms with Crippen molar-refractivity contribution in [2.45, 2.75) is 19.8 Å². The molecule has 2 rings (SSSR count). The van der Waals surface area contributed by atoms with Crippen molar-refractivity contribution in [2.24, 2.45) is 5.73 Å². The van der Waals surface area contributed by atoms with E-state index in [0.717, 1.165) is 16.8 Å². The van der Waals surface area contributed by atoms with E-state index in [1.54, 1.807) is 12.1 Å². The normalized spacial score (nSPS) is 10.5. The zero-order chi connectivity index (χ0) is 15.4. The molecule has 0 bridgehead atoms. The number of rotatable bonds is 6. The fourth-order valence-electron chi connectivity index (χ4n) is 2.13. The number of pyridine rings is 1. The molecule has 0 aliphatic carbocycles. The number of aryl methyl sites for hydroxylation is 1. The van der Waals surface area contributed by atoms with Gasteiger partial charge in [-0.15, -0.1) is 0 Å². The van der Waals surface area contributed by atoms with E-state index in [1.807, 2.05) is 6.92 Å². The molecule has 0 unspecified atom stereocenters. The van der Waals surface area contributed by atoms with E-state index in [-0.39, 0.29) is 11.6 Å². The molecular formula is C14H16N4O3. The van der Waals surface area contributed by atoms with Gasteiger partial charge in [0.1, 0.15) is 0 Å². The topological polar surface area (TPSA) is 111 Å². The Kier molecular flexibility index (Phi) is 4.32. The maximum Gasteiger partial charge on any atom is 0.278 e. The van der Waals surface area contributed by atoms with Gasteiger partial charge in [-0.05, 0) is 25.5 Å². The zero-order valence-electron chi connectivity index (χ0n) is 11.6. The molecule has 0 saturated carbocycles. The van der Waals surface area contributed by atoms with E-state index < -0.39 is 4.92 Å². The van der Waals surface area contributed by atoms with Gasteiger partial charge in [0, 0.05) is 42.0 Å². The van der Waals surface area contributed by atoms with Crippen LogP contribution < -0.4 is 11.1 Å². The smallest absolute Gasteiger partial charge is 0.278 e. The molecule has 110 valence electrons. The second kappa shape index (κ2) is 6.17. The summed E-state index contributed by atoms with van der Waals surface area (Å²) in [4.78, 5) is 25.4. The van der Waals surface area contributed by atoms with Crippen LogP contribution in [0, 0.1) is 17.0 Å². The van der Waals surface area contributed by atoms with Crippen LogP contribution in [0.3, 0.4) is 0 Å². The summed E-state index contributed by atoms with van der Waals surface area (Å²) in [6.45, 7) is 2.40. The van der Waals surface area contributed by atoms with E-state index in [2.05, 4.69) is 10.3 Å². The Morgan fingerprint density at radius 2 is 2.19 bits per heavy atom. The Labute approximate surface area is 121 Å². The number of aromatic nitrogens is 1. The highest BCUT2D eigenvalue weighted by atomic mass is 16.6. The van der Waals surface area contributed by atoms with E-state index in [9.17, 15) is 14.9 Å². The number of nitrogens with one attached hydrogen (secondary N) is 1. The van der Waals surface area contributed by atoms with E-state index in [1.165, 1.54) is 12.3 Å². The Bertz CT molecular complexity index is 700. The van der Waals surface area contributed by atoms with Gasteiger partial charge in [0.05, 0.1) is 10.3 Å². The number of nitrogens with zero attached hydrogens (tertiary/aromatic N) is 2. The number of anilines is 1. The zero-order valence-corrected chi connectivity index (χ0v) is 11.6. The second-order valence-electron chi connectivity index (χ2n) is 4.76. The summed E-state index contributed by atoms with van der Waals surface area (Å²) in [5.74, 6) is -0.342. The maximum atomic E-state index is 11.1. The minimum atomic E-state index is -0.420. The Morgan fingerprint density at radius 3 is 2.86 bits per heavy atom. The minimum Gasteiger partial charge on any atom is -0.385 e. The number of nitro benzene ring substituents is 1. The second-order valence-corrected chi connectivity index (χ2v) is 4.76. The number of hydrogen-bond acceptors (Lipinski definition) is 5. The summed E-state index contributed by atoms with van der Waals surface area (Å²) >= 11 is 0. The van der Waals surface area contributed by atoms with Gasteiger partial charge in [-0.3, -0.25) is 19.9 Å². The molecule has 0 spiro atoms. The van der Waals surface area contributed by atoms with Crippen molar-refractivity contribution in [3.05, 3.63) is 40.2 Å². The molecule has 0 atom stereocenters. The number of nitro groups is 1. The number of carbonyl (C=O) groups is 1. The first-order valence-electron chi connectivity index (χ1n) is 6.55. The van der Waals surface area contributed by atoms with E-state index >= 15 is 0 Å². The summed E-state index contributed by atoms with van der Waals surface area (Å²) in [6, 6.07) is 4.93. The summed E-state index contributed by atoms with van der Waals surface area (Å²) in [5, 5.41) is 15.5. The summed E-state index contributed by atoms with van der Waals surface area (Å²) in [5.41, 5.74) is 6.68. The van der Waals surface area contributed by atoms with Crippen molar-refractivity contribution in [3.8, 4) is 0 Å². The molecule has 0 radical (unpaired) electrons. The van der Waals surface area contributed by atoms with Gasteiger partial charge in [-0.1, -0.05) is 0 Å². The quantitative estimate of drug-likeness (QED) is 0.480. The number of benzene rings is 1. The van der Waals surface area contributed by atoms with Gasteiger partial charge in [-0.25, -0.2) is 0 Å². The Balaban J connectivity index is 2.31. The SMILES string of the molecule is Cc1cc2c(NCCCC(N)=O)ccc([N+](=O)[O-])c2cn1. The lowest BCUT2D eigenvalue weighted by Crippen LogP contribution is -2.12. The number of amides is 1. The lowest BCUT2D eigenvalue weighted by molar-refractivity contribution is -0.383. The number of hydrogen-bond donors (Lipinski definition) is 2. The molecule has 3 N–H and O–H groups in total. The number of non-ortho nitro benzene ring substituents is 1. The largest absolute Gasteiger partial charge is 0.385 e. The molecule has 1 aromatic carbocycles. The molecule has 7 heteroatoms. The van der Waals surface area contributed by atoms with Gasteiger partial charge in [0.2, 0.25) is 5.91 Å². The standard InChI is InChI=1S/C14H16N4O3/c1-9-7-10-11(8-17-9)13(18(20)21)5-4-12(10)16-6-2-3-14(15)19/h4-5,7-8,16H,2-3,6H2,1H3,(H2,15,19). The predicted octanol–water partition coefficient (Wildman–Crippen LogP) is 2.13. The van der Waals surface area contributed by atoms with Gasteiger partial charge in [0.25, 0.3) is 5.69 Å². The van der Waals surface area contributed by atoms with Crippen molar-refractivity contribution < 1.29 is 9.72 Å². The highest BCUT2D eigenvalue weighted by molar-refractivity contribution is 5.99. The molecule has 21 heavy (non-hydrogen) atoms. The van der Waals surface area contributed by atoms with Crippen molar-refractivity contribution in [3.63, 3.8) is 0 Å². The van der Waals surface area contributed by atoms with Crippen LogP contribution in [0.2, 0.25) is 0 Å². The fraction of sp³-hybridized carbons (Fsp3) is 0.286. The molecular weight excluding hydrogens is 272 g/mol. The van der Waals surface area contributed by atoms with Gasteiger partial charge in [-0.2, -0.15) is 0 Å². The van der Waals surface area contributed by atoms with E-state index in [4.69, 9.17) is 5.73 Å². The van der Waals surface area contributed by atoms with Crippen LogP contribution in [0.15, 0.2) is 24.4 Å². The third-order valence-corrected chi connectivity index (χ3v) is 3.13. The third kappa shape index (κ3) is 3.44. The van der Waals surface area contributed by atoms with Crippen LogP contribution in [-0.2, 0) is 4.79 Å². The summed E-state index contributed by atoms with van der Waals surface area (Å²) < 4.78 is 0. The maximum absolute atomic E-state index is 11.1. The van der Waals surface area contributed by atoms with Crippen LogP contribution in [0.25, 0.3) is 10.8 Å². The first-order valence-corrected chi connectivity index (χ1v) is 6.55. The average molecular weight is 288 g/mol. The highest BCUT2D eigenvalue weighted by Crippen LogP contribution is 2.31. The molecule has 0 aliphatic heterocycles. The number of nitrogens with two attached hydrogens (primary N) is 1. The highest BCUT2D eigenvalue weighted by Gasteiger charge is 2.14. The van der Waals surface area contributed by atoms with Crippen LogP contribution >= 0.6 is 0 Å². The van der Waals surface area contributed by atoms with Gasteiger partial charge >= 0.3 is 0 Å². The Morgan fingerprint density at radius 1 is 1.43 bits per heavy atom. The lowest BCUT2D eigenvalue weighted by Gasteiger charge is -2.10. The van der Waals surface area contributed by atoms with Crippen molar-refractivity contribution in [1.82, 2.24) is 4.98 Å². The molecule has 7 nitrogen and oxygen atoms in total. The van der Waals surface area contributed by atoms with Gasteiger partial charge in [0.15, 0.2) is 0 Å². The molecule has 0 fully saturated rings. The first-order chi connectivity index (χ1) is 9.99. The van der Waals surface area contributed by atoms with Crippen molar-refractivity contribution in [2.75, 3.05) is 11.9 Å². The lowest BCUT2D eigenvalue weighted by atomic mass is 10.1. The average Bonchev–Trinajstić information content (AvgIpc) is 2.42. The fourth-order valence-corrected chi connectivity index (χ4v) is 2.13. The third-order valence-electron chi connectivity index (χ3n) is 3.13. The number of fused-ring (bicyclic) bond motifs is 1. The first kappa shape index (κ1) is 14.7. The van der Waals surface area contributed by atoms with E-state index in [0.29, 0.717) is 24.8 Å². The molecule has 2 aromatic rings. The molecule has 0 saturated heterocycles.